The van der Waals surface area contributed by atoms with Gasteiger partial charge in [0.05, 0.1) is 17.1 Å². The minimum absolute atomic E-state index is 0.0532. The zero-order valence-electron chi connectivity index (χ0n) is 15.9. The van der Waals surface area contributed by atoms with E-state index in [9.17, 15) is 8.42 Å². The van der Waals surface area contributed by atoms with Crippen LogP contribution < -0.4 is 10.6 Å². The van der Waals surface area contributed by atoms with E-state index in [1.54, 1.807) is 27.1 Å². The van der Waals surface area contributed by atoms with Crippen LogP contribution >= 0.6 is 11.6 Å². The average Bonchev–Trinajstić information content (AvgIpc) is 2.91. The number of allylic oxidation sites excluding steroid dienone is 3. The van der Waals surface area contributed by atoms with Crippen molar-refractivity contribution in [3.63, 3.8) is 0 Å². The van der Waals surface area contributed by atoms with Gasteiger partial charge in [-0.25, -0.2) is 13.4 Å². The quantitative estimate of drug-likeness (QED) is 0.671. The van der Waals surface area contributed by atoms with Gasteiger partial charge in [0, 0.05) is 18.9 Å². The molecule has 0 aliphatic heterocycles. The van der Waals surface area contributed by atoms with Gasteiger partial charge in [-0.15, -0.1) is 0 Å². The smallest absolute Gasteiger partial charge is 0.228 e. The first-order valence-corrected chi connectivity index (χ1v) is 10.1. The van der Waals surface area contributed by atoms with Gasteiger partial charge in [-0.3, -0.25) is 4.68 Å². The Balaban J connectivity index is 2.39. The van der Waals surface area contributed by atoms with Crippen molar-refractivity contribution in [1.29, 1.82) is 0 Å². The summed E-state index contributed by atoms with van der Waals surface area (Å²) in [7, 11) is -1.93. The fraction of sp³-hybridized carbons (Fsp3) is 0.353. The number of sulfone groups is 1. The van der Waals surface area contributed by atoms with Crippen LogP contribution in [-0.4, -0.2) is 33.4 Å². The lowest BCUT2D eigenvalue weighted by Crippen LogP contribution is -2.16. The van der Waals surface area contributed by atoms with Crippen molar-refractivity contribution in [3.8, 4) is 0 Å². The van der Waals surface area contributed by atoms with Crippen LogP contribution in [-0.2, 0) is 16.9 Å². The Labute approximate surface area is 164 Å². The molecule has 0 saturated heterocycles. The minimum atomic E-state index is -3.58. The van der Waals surface area contributed by atoms with E-state index in [0.29, 0.717) is 11.6 Å². The molecule has 0 radical (unpaired) electrons. The van der Waals surface area contributed by atoms with Crippen LogP contribution in [0.3, 0.4) is 0 Å². The fourth-order valence-electron chi connectivity index (χ4n) is 2.21. The molecule has 2 aromatic rings. The average molecular weight is 411 g/mol. The van der Waals surface area contributed by atoms with Crippen molar-refractivity contribution in [2.75, 3.05) is 10.6 Å². The Morgan fingerprint density at radius 1 is 1.37 bits per heavy atom. The number of halogens is 1. The molecule has 27 heavy (non-hydrogen) atoms. The molecule has 2 aromatic heterocycles. The highest BCUT2D eigenvalue weighted by molar-refractivity contribution is 7.92. The summed E-state index contributed by atoms with van der Waals surface area (Å²) < 4.78 is 26.5. The van der Waals surface area contributed by atoms with Gasteiger partial charge in [0.2, 0.25) is 20.8 Å². The van der Waals surface area contributed by atoms with Gasteiger partial charge in [-0.1, -0.05) is 23.8 Å². The Bertz CT molecular complexity index is 995. The molecule has 0 aromatic carbocycles. The number of aromatic nitrogens is 4. The lowest BCUT2D eigenvalue weighted by Gasteiger charge is -2.11. The standard InChI is InChI=1S/C17H23ClN6O2S/c1-10(2)7-12(5)20-17-19-8-13(18)15(22-17)21-14-9-24(6)23-16(14)27(25,26)11(3)4/h7-9,11H,1H2,2-6H3,(H2,19,20,21,22)/b12-7+. The Kier molecular flexibility index (Phi) is 6.27. The van der Waals surface area contributed by atoms with Crippen LogP contribution in [0.5, 0.6) is 0 Å². The summed E-state index contributed by atoms with van der Waals surface area (Å²) in [5.74, 6) is 0.583. The van der Waals surface area contributed by atoms with E-state index in [0.717, 1.165) is 11.3 Å². The van der Waals surface area contributed by atoms with Crippen molar-refractivity contribution >= 4 is 38.9 Å². The van der Waals surface area contributed by atoms with Crippen molar-refractivity contribution < 1.29 is 8.42 Å². The molecule has 10 heteroatoms. The van der Waals surface area contributed by atoms with E-state index in [4.69, 9.17) is 11.6 Å². The van der Waals surface area contributed by atoms with Crippen molar-refractivity contribution in [2.45, 2.75) is 38.0 Å². The number of rotatable bonds is 7. The van der Waals surface area contributed by atoms with Gasteiger partial charge in [0.1, 0.15) is 5.02 Å². The highest BCUT2D eigenvalue weighted by Gasteiger charge is 2.27. The Morgan fingerprint density at radius 2 is 2.04 bits per heavy atom. The molecule has 0 amide bonds. The van der Waals surface area contributed by atoms with E-state index in [-0.39, 0.29) is 15.9 Å². The second kappa shape index (κ2) is 8.10. The van der Waals surface area contributed by atoms with E-state index in [1.165, 1.54) is 10.9 Å². The molecule has 0 atom stereocenters. The number of nitrogens with zero attached hydrogens (tertiary/aromatic N) is 4. The molecule has 0 unspecified atom stereocenters. The molecule has 0 bridgehead atoms. The highest BCUT2D eigenvalue weighted by atomic mass is 35.5. The van der Waals surface area contributed by atoms with Crippen molar-refractivity contribution in [1.82, 2.24) is 19.7 Å². The van der Waals surface area contributed by atoms with Crippen LogP contribution in [0, 0.1) is 0 Å². The first kappa shape index (κ1) is 20.9. The summed E-state index contributed by atoms with van der Waals surface area (Å²) in [6.45, 7) is 10.7. The molecule has 8 nitrogen and oxygen atoms in total. The SMILES string of the molecule is C=C(C)/C=C(\C)Nc1ncc(Cl)c(Nc2cn(C)nc2S(=O)(=O)C(C)C)n1. The summed E-state index contributed by atoms with van der Waals surface area (Å²) in [4.78, 5) is 8.45. The topological polar surface area (TPSA) is 102 Å². The summed E-state index contributed by atoms with van der Waals surface area (Å²) >= 11 is 6.18. The highest BCUT2D eigenvalue weighted by Crippen LogP contribution is 2.29. The van der Waals surface area contributed by atoms with Crippen LogP contribution in [0.1, 0.15) is 27.7 Å². The van der Waals surface area contributed by atoms with Crippen LogP contribution in [0.4, 0.5) is 17.5 Å². The third kappa shape index (κ3) is 5.08. The molecule has 0 aliphatic rings. The zero-order chi connectivity index (χ0) is 20.4. The third-order valence-electron chi connectivity index (χ3n) is 3.45. The van der Waals surface area contributed by atoms with Crippen LogP contribution in [0.2, 0.25) is 5.02 Å². The molecule has 0 saturated carbocycles. The number of aryl methyl sites for hydroxylation is 1. The van der Waals surface area contributed by atoms with Crippen molar-refractivity contribution in [2.24, 2.45) is 7.05 Å². The predicted octanol–water partition coefficient (Wildman–Crippen LogP) is 3.68. The van der Waals surface area contributed by atoms with Crippen LogP contribution in [0.25, 0.3) is 0 Å². The van der Waals surface area contributed by atoms with E-state index in [2.05, 4.69) is 32.3 Å². The van der Waals surface area contributed by atoms with E-state index >= 15 is 0 Å². The van der Waals surface area contributed by atoms with Gasteiger partial charge in [0.15, 0.2) is 5.82 Å². The van der Waals surface area contributed by atoms with Crippen molar-refractivity contribution in [3.05, 3.63) is 41.3 Å². The Hall–Kier alpha value is -2.39. The molecular formula is C17H23ClN6O2S. The first-order chi connectivity index (χ1) is 12.5. The maximum Gasteiger partial charge on any atom is 0.228 e. The molecule has 0 fully saturated rings. The normalized spacial score (nSPS) is 12.3. The first-order valence-electron chi connectivity index (χ1n) is 8.18. The third-order valence-corrected chi connectivity index (χ3v) is 5.81. The number of nitrogens with one attached hydrogen (secondary N) is 2. The maximum absolute atomic E-state index is 12.5. The molecule has 2 N–H and O–H groups in total. The maximum atomic E-state index is 12.5. The van der Waals surface area contributed by atoms with Gasteiger partial charge in [-0.2, -0.15) is 10.1 Å². The van der Waals surface area contributed by atoms with Gasteiger partial charge in [0.25, 0.3) is 0 Å². The zero-order valence-corrected chi connectivity index (χ0v) is 17.5. The van der Waals surface area contributed by atoms with E-state index in [1.807, 2.05) is 19.9 Å². The molecule has 0 spiro atoms. The predicted molar refractivity (Wildman–Crippen MR) is 108 cm³/mol. The molecule has 146 valence electrons. The second-order valence-electron chi connectivity index (χ2n) is 6.43. The van der Waals surface area contributed by atoms with Crippen LogP contribution in [0.15, 0.2) is 41.3 Å². The number of hydrogen-bond donors (Lipinski definition) is 2. The lowest BCUT2D eigenvalue weighted by molar-refractivity contribution is 0.579. The Morgan fingerprint density at radius 3 is 2.63 bits per heavy atom. The lowest BCUT2D eigenvalue weighted by atomic mass is 10.3. The summed E-state index contributed by atoms with van der Waals surface area (Å²) in [6.07, 6.45) is 4.84. The molecule has 2 heterocycles. The molecular weight excluding hydrogens is 388 g/mol. The van der Waals surface area contributed by atoms with Gasteiger partial charge in [-0.05, 0) is 33.8 Å². The summed E-state index contributed by atoms with van der Waals surface area (Å²) in [6, 6.07) is 0. The second-order valence-corrected chi connectivity index (χ2v) is 9.26. The number of anilines is 3. The minimum Gasteiger partial charge on any atom is -0.335 e. The fourth-order valence-corrected chi connectivity index (χ4v) is 3.45. The molecule has 2 rings (SSSR count). The monoisotopic (exact) mass is 410 g/mol. The number of hydrogen-bond acceptors (Lipinski definition) is 7. The molecule has 0 aliphatic carbocycles. The largest absolute Gasteiger partial charge is 0.335 e. The summed E-state index contributed by atoms with van der Waals surface area (Å²) in [5, 5.41) is 9.65. The van der Waals surface area contributed by atoms with Gasteiger partial charge < -0.3 is 10.6 Å². The summed E-state index contributed by atoms with van der Waals surface area (Å²) in [5.41, 5.74) is 1.98. The van der Waals surface area contributed by atoms with E-state index < -0.39 is 15.1 Å². The van der Waals surface area contributed by atoms with Gasteiger partial charge >= 0.3 is 0 Å².